The summed E-state index contributed by atoms with van der Waals surface area (Å²) in [7, 11) is 0. The van der Waals surface area contributed by atoms with Crippen molar-refractivity contribution in [1.82, 2.24) is 15.0 Å². The molecule has 1 unspecified atom stereocenters. The Hall–Kier alpha value is -6.45. The molecule has 0 radical (unpaired) electrons. The summed E-state index contributed by atoms with van der Waals surface area (Å²) in [4.78, 5) is 15.1. The monoisotopic (exact) mass is 625 g/mol. The van der Waals surface area contributed by atoms with Gasteiger partial charge in [0.15, 0.2) is 5.82 Å². The van der Waals surface area contributed by atoms with Gasteiger partial charge in [-0.2, -0.15) is 0 Å². The number of nitrogens with zero attached hydrogens (tertiary/aromatic N) is 3. The van der Waals surface area contributed by atoms with E-state index in [-0.39, 0.29) is 0 Å². The molecule has 0 N–H and O–H groups in total. The van der Waals surface area contributed by atoms with Crippen molar-refractivity contribution in [3.63, 3.8) is 0 Å². The van der Waals surface area contributed by atoms with Crippen molar-refractivity contribution in [1.29, 1.82) is 0 Å². The molecule has 230 valence electrons. The first-order valence-corrected chi connectivity index (χ1v) is 16.6. The van der Waals surface area contributed by atoms with Gasteiger partial charge in [0, 0.05) is 29.1 Å². The summed E-state index contributed by atoms with van der Waals surface area (Å²) in [6.07, 6.45) is 3.86. The first-order valence-electron chi connectivity index (χ1n) is 16.6. The fourth-order valence-corrected chi connectivity index (χ4v) is 7.52. The van der Waals surface area contributed by atoms with Crippen LogP contribution in [0.15, 0.2) is 188 Å². The maximum atomic E-state index is 5.28. The normalized spacial score (nSPS) is 14.6. The standard InChI is InChI=1S/C46H31N3/c1-4-14-32(15-5-1)33-25-27-34(28-26-33)42-30-43(49-45(48-42)35-16-6-2-7-17-35)39-22-12-24-41-44(39)38-21-10-11-23-40(38)46(41,36-18-8-3-9-19-36)37-20-13-29-47-31-37/h1-31H. The molecule has 6 aromatic carbocycles. The van der Waals surface area contributed by atoms with Crippen molar-refractivity contribution in [3.05, 3.63) is 211 Å². The van der Waals surface area contributed by atoms with E-state index >= 15 is 0 Å². The van der Waals surface area contributed by atoms with Crippen LogP contribution in [-0.4, -0.2) is 15.0 Å². The Bertz CT molecular complexity index is 2370. The fourth-order valence-electron chi connectivity index (χ4n) is 7.52. The van der Waals surface area contributed by atoms with Gasteiger partial charge in [-0.05, 0) is 56.6 Å². The molecule has 0 amide bonds. The van der Waals surface area contributed by atoms with Crippen LogP contribution in [0.3, 0.4) is 0 Å². The second kappa shape index (κ2) is 12.0. The van der Waals surface area contributed by atoms with E-state index in [4.69, 9.17) is 9.97 Å². The van der Waals surface area contributed by atoms with Gasteiger partial charge in [-0.1, -0.05) is 164 Å². The first-order chi connectivity index (χ1) is 24.3. The number of aromatic nitrogens is 3. The highest BCUT2D eigenvalue weighted by molar-refractivity contribution is 5.95. The molecule has 0 fully saturated rings. The number of rotatable bonds is 6. The third-order valence-corrected chi connectivity index (χ3v) is 9.69. The predicted octanol–water partition coefficient (Wildman–Crippen LogP) is 10.9. The summed E-state index contributed by atoms with van der Waals surface area (Å²) < 4.78 is 0. The smallest absolute Gasteiger partial charge is 0.160 e. The Labute approximate surface area is 286 Å². The minimum absolute atomic E-state index is 0.539. The lowest BCUT2D eigenvalue weighted by atomic mass is 9.68. The molecule has 0 saturated heterocycles. The zero-order valence-corrected chi connectivity index (χ0v) is 26.7. The third-order valence-electron chi connectivity index (χ3n) is 9.69. The molecule has 3 nitrogen and oxygen atoms in total. The zero-order valence-electron chi connectivity index (χ0n) is 26.7. The summed E-state index contributed by atoms with van der Waals surface area (Å²) in [6, 6.07) is 62.1. The number of benzene rings is 6. The molecule has 0 bridgehead atoms. The van der Waals surface area contributed by atoms with Crippen molar-refractivity contribution in [3.8, 4) is 56.2 Å². The van der Waals surface area contributed by atoms with Crippen LogP contribution in [0, 0.1) is 0 Å². The Kier molecular flexibility index (Phi) is 7.02. The fraction of sp³-hybridized carbons (Fsp3) is 0.0217. The average molecular weight is 626 g/mol. The number of hydrogen-bond donors (Lipinski definition) is 0. The van der Waals surface area contributed by atoms with Crippen LogP contribution < -0.4 is 0 Å². The SMILES string of the molecule is c1ccc(-c2ccc(-c3cc(-c4cccc5c4-c4ccccc4C5(c4ccccc4)c4cccnc4)nc(-c4ccccc4)n3)cc2)cc1. The zero-order chi connectivity index (χ0) is 32.6. The van der Waals surface area contributed by atoms with Crippen LogP contribution in [0.4, 0.5) is 0 Å². The van der Waals surface area contributed by atoms with E-state index in [1.165, 1.54) is 38.9 Å². The van der Waals surface area contributed by atoms with Gasteiger partial charge < -0.3 is 0 Å². The van der Waals surface area contributed by atoms with E-state index in [1.54, 1.807) is 0 Å². The molecule has 1 aliphatic rings. The van der Waals surface area contributed by atoms with E-state index in [0.717, 1.165) is 33.6 Å². The van der Waals surface area contributed by atoms with Gasteiger partial charge in [-0.3, -0.25) is 4.98 Å². The summed E-state index contributed by atoms with van der Waals surface area (Å²) in [5.74, 6) is 0.700. The Morgan fingerprint density at radius 2 is 0.959 bits per heavy atom. The molecule has 2 heterocycles. The van der Waals surface area contributed by atoms with Crippen molar-refractivity contribution in [2.24, 2.45) is 0 Å². The minimum Gasteiger partial charge on any atom is -0.264 e. The molecule has 1 atom stereocenters. The lowest BCUT2D eigenvalue weighted by Gasteiger charge is -2.33. The van der Waals surface area contributed by atoms with Crippen molar-refractivity contribution in [2.45, 2.75) is 5.41 Å². The summed E-state index contributed by atoms with van der Waals surface area (Å²) >= 11 is 0. The van der Waals surface area contributed by atoms with Crippen LogP contribution in [0.5, 0.6) is 0 Å². The quantitative estimate of drug-likeness (QED) is 0.185. The van der Waals surface area contributed by atoms with Gasteiger partial charge in [-0.15, -0.1) is 0 Å². The average Bonchev–Trinajstić information content (AvgIpc) is 3.50. The molecule has 9 rings (SSSR count). The van der Waals surface area contributed by atoms with E-state index < -0.39 is 5.41 Å². The van der Waals surface area contributed by atoms with Gasteiger partial charge in [0.05, 0.1) is 16.8 Å². The summed E-state index contributed by atoms with van der Waals surface area (Å²) in [6.45, 7) is 0. The Morgan fingerprint density at radius 1 is 0.388 bits per heavy atom. The third kappa shape index (κ3) is 4.78. The Balaban J connectivity index is 1.29. The lowest BCUT2D eigenvalue weighted by Crippen LogP contribution is -2.28. The molecule has 8 aromatic rings. The molecule has 3 heteroatoms. The molecule has 0 saturated carbocycles. The number of pyridine rings is 1. The van der Waals surface area contributed by atoms with Gasteiger partial charge in [0.25, 0.3) is 0 Å². The van der Waals surface area contributed by atoms with E-state index in [1.807, 2.05) is 42.7 Å². The van der Waals surface area contributed by atoms with Crippen LogP contribution in [-0.2, 0) is 5.41 Å². The maximum absolute atomic E-state index is 5.28. The highest BCUT2D eigenvalue weighted by atomic mass is 14.9. The van der Waals surface area contributed by atoms with Crippen LogP contribution in [0.1, 0.15) is 22.3 Å². The summed E-state index contributed by atoms with van der Waals surface area (Å²) in [5.41, 5.74) is 13.9. The van der Waals surface area contributed by atoms with Crippen molar-refractivity contribution in [2.75, 3.05) is 0 Å². The molecule has 0 spiro atoms. The lowest BCUT2D eigenvalue weighted by molar-refractivity contribution is 0.763. The minimum atomic E-state index is -0.539. The second-order valence-corrected chi connectivity index (χ2v) is 12.4. The van der Waals surface area contributed by atoms with E-state index in [0.29, 0.717) is 5.82 Å². The van der Waals surface area contributed by atoms with E-state index in [9.17, 15) is 0 Å². The first kappa shape index (κ1) is 28.7. The maximum Gasteiger partial charge on any atom is 0.160 e. The largest absolute Gasteiger partial charge is 0.264 e. The number of hydrogen-bond acceptors (Lipinski definition) is 3. The van der Waals surface area contributed by atoms with Gasteiger partial charge in [-0.25, -0.2) is 9.97 Å². The van der Waals surface area contributed by atoms with Gasteiger partial charge in [0.2, 0.25) is 0 Å². The molecule has 1 aliphatic carbocycles. The highest BCUT2D eigenvalue weighted by Gasteiger charge is 2.47. The molecule has 0 aliphatic heterocycles. The Morgan fingerprint density at radius 3 is 1.69 bits per heavy atom. The van der Waals surface area contributed by atoms with Crippen molar-refractivity contribution < 1.29 is 0 Å². The predicted molar refractivity (Wildman–Crippen MR) is 199 cm³/mol. The van der Waals surface area contributed by atoms with Gasteiger partial charge >= 0.3 is 0 Å². The van der Waals surface area contributed by atoms with Crippen LogP contribution in [0.25, 0.3) is 56.2 Å². The van der Waals surface area contributed by atoms with Crippen molar-refractivity contribution >= 4 is 0 Å². The van der Waals surface area contributed by atoms with Crippen LogP contribution >= 0.6 is 0 Å². The second-order valence-electron chi connectivity index (χ2n) is 12.4. The van der Waals surface area contributed by atoms with Gasteiger partial charge in [0.1, 0.15) is 0 Å². The molecular weight excluding hydrogens is 595 g/mol. The molecular formula is C46H31N3. The van der Waals surface area contributed by atoms with E-state index in [2.05, 4.69) is 151 Å². The summed E-state index contributed by atoms with van der Waals surface area (Å²) in [5, 5.41) is 0. The topological polar surface area (TPSA) is 38.7 Å². The van der Waals surface area contributed by atoms with Crippen LogP contribution in [0.2, 0.25) is 0 Å². The number of fused-ring (bicyclic) bond motifs is 3. The molecule has 49 heavy (non-hydrogen) atoms. The molecule has 2 aromatic heterocycles. The highest BCUT2D eigenvalue weighted by Crippen LogP contribution is 2.58.